The first kappa shape index (κ1) is 30.6. The van der Waals surface area contributed by atoms with Gasteiger partial charge >= 0.3 is 5.97 Å². The quantitative estimate of drug-likeness (QED) is 0.129. The van der Waals surface area contributed by atoms with E-state index in [0.717, 1.165) is 39.8 Å². The van der Waals surface area contributed by atoms with Gasteiger partial charge in [0, 0.05) is 22.3 Å². The number of unbranched alkanes of at least 4 members (excludes halogenated alkanes) is 1. The highest BCUT2D eigenvalue weighted by Gasteiger charge is 2.26. The van der Waals surface area contributed by atoms with Gasteiger partial charge in [0.15, 0.2) is 0 Å². The summed E-state index contributed by atoms with van der Waals surface area (Å²) in [5, 5.41) is 2.98. The number of halogens is 1. The molecule has 8 heteroatoms. The molecule has 2 atom stereocenters. The van der Waals surface area contributed by atoms with Crippen LogP contribution in [0.5, 0.6) is 5.75 Å². The smallest absolute Gasteiger partial charge is 0.307 e. The molecule has 0 unspecified atom stereocenters. The molecular formula is C32H35BrN2O5. The molecule has 40 heavy (non-hydrogen) atoms. The molecule has 0 fully saturated rings. The minimum atomic E-state index is -0.821. The Bertz CT molecular complexity index is 1410. The molecule has 0 aliphatic rings. The molecule has 0 bridgehead atoms. The Kier molecular flexibility index (Phi) is 11.5. The van der Waals surface area contributed by atoms with Crippen LogP contribution >= 0.6 is 15.9 Å². The summed E-state index contributed by atoms with van der Waals surface area (Å²) < 4.78 is 13.4. The number of carbonyl (C=O) groups is 2. The van der Waals surface area contributed by atoms with Gasteiger partial charge in [-0.1, -0.05) is 52.3 Å². The fraction of sp³-hybridized carbons (Fsp3) is 0.281. The molecule has 1 heterocycles. The first-order chi connectivity index (χ1) is 19.3. The summed E-state index contributed by atoms with van der Waals surface area (Å²) in [6.07, 6.45) is 6.88. The van der Waals surface area contributed by atoms with Crippen LogP contribution in [0, 0.1) is 6.92 Å². The molecule has 2 aromatic carbocycles. The van der Waals surface area contributed by atoms with Crippen LogP contribution in [0.1, 0.15) is 48.9 Å². The molecule has 3 rings (SSSR count). The number of nitrogens with one attached hydrogen (secondary N) is 1. The first-order valence-corrected chi connectivity index (χ1v) is 13.9. The summed E-state index contributed by atoms with van der Waals surface area (Å²) in [5.74, 6) is -0.145. The number of benzene rings is 2. The molecule has 3 aromatic rings. The topological polar surface area (TPSA) is 86.6 Å². The third-order valence-corrected chi connectivity index (χ3v) is 6.90. The van der Waals surface area contributed by atoms with Crippen LogP contribution in [0.25, 0.3) is 11.1 Å². The lowest BCUT2D eigenvalue weighted by Gasteiger charge is -2.24. The van der Waals surface area contributed by atoms with E-state index in [1.165, 1.54) is 17.7 Å². The fourth-order valence-corrected chi connectivity index (χ4v) is 5.04. The molecule has 1 N–H and O–H groups in total. The molecule has 210 valence electrons. The van der Waals surface area contributed by atoms with Crippen molar-refractivity contribution >= 4 is 27.8 Å². The minimum Gasteiger partial charge on any atom is -0.493 e. The second kappa shape index (κ2) is 15.0. The number of esters is 1. The maximum absolute atomic E-state index is 13.5. The molecule has 1 aromatic heterocycles. The van der Waals surface area contributed by atoms with E-state index in [1.807, 2.05) is 49.4 Å². The number of rotatable bonds is 14. The highest BCUT2D eigenvalue weighted by Crippen LogP contribution is 2.37. The maximum atomic E-state index is 13.5. The Morgan fingerprint density at radius 1 is 1.10 bits per heavy atom. The zero-order valence-corrected chi connectivity index (χ0v) is 24.5. The number of methoxy groups -OCH3 is 1. The van der Waals surface area contributed by atoms with E-state index in [1.54, 1.807) is 24.4 Å². The van der Waals surface area contributed by atoms with E-state index >= 15 is 0 Å². The van der Waals surface area contributed by atoms with E-state index in [2.05, 4.69) is 34.4 Å². The second-order valence-electron chi connectivity index (χ2n) is 9.33. The number of hydrogen-bond acceptors (Lipinski definition) is 5. The van der Waals surface area contributed by atoms with Crippen molar-refractivity contribution < 1.29 is 19.1 Å². The molecular weight excluding hydrogens is 572 g/mol. The molecule has 0 radical (unpaired) electrons. The van der Waals surface area contributed by atoms with Gasteiger partial charge in [-0.2, -0.15) is 0 Å². The molecule has 7 nitrogen and oxygen atoms in total. The van der Waals surface area contributed by atoms with Gasteiger partial charge in [0.05, 0.1) is 26.2 Å². The van der Waals surface area contributed by atoms with Crippen molar-refractivity contribution in [1.82, 2.24) is 9.88 Å². The van der Waals surface area contributed by atoms with Crippen molar-refractivity contribution in [2.75, 3.05) is 13.7 Å². The van der Waals surface area contributed by atoms with E-state index < -0.39 is 24.0 Å². The lowest BCUT2D eigenvalue weighted by Crippen LogP contribution is -2.39. The zero-order chi connectivity index (χ0) is 29.1. The number of ether oxygens (including phenoxy) is 2. The highest BCUT2D eigenvalue weighted by atomic mass is 79.9. The third-order valence-electron chi connectivity index (χ3n) is 6.45. The number of aryl methyl sites for hydroxylation is 1. The summed E-state index contributed by atoms with van der Waals surface area (Å²) in [5.41, 5.74) is 3.23. The maximum Gasteiger partial charge on any atom is 0.307 e. The summed E-state index contributed by atoms with van der Waals surface area (Å²) in [4.78, 5) is 38.4. The van der Waals surface area contributed by atoms with Crippen LogP contribution in [-0.2, 0) is 14.3 Å². The lowest BCUT2D eigenvalue weighted by atomic mass is 9.94. The molecule has 0 aliphatic heterocycles. The lowest BCUT2D eigenvalue weighted by molar-refractivity contribution is -0.141. The number of pyridine rings is 1. The van der Waals surface area contributed by atoms with Crippen LogP contribution in [-0.4, -0.2) is 30.2 Å². The van der Waals surface area contributed by atoms with Crippen LogP contribution in [0.4, 0.5) is 0 Å². The van der Waals surface area contributed by atoms with Crippen LogP contribution < -0.4 is 15.6 Å². The van der Waals surface area contributed by atoms with Gasteiger partial charge in [-0.3, -0.25) is 14.4 Å². The van der Waals surface area contributed by atoms with Crippen molar-refractivity contribution in [2.24, 2.45) is 0 Å². The summed E-state index contributed by atoms with van der Waals surface area (Å²) in [6, 6.07) is 14.8. The number of carbonyl (C=O) groups excluding carboxylic acids is 2. The van der Waals surface area contributed by atoms with Crippen molar-refractivity contribution in [3.63, 3.8) is 0 Å². The standard InChI is InChI=1S/C32H35BrN2O5/c1-5-7-10-17-40-28-20-25(33)18-22(3)31(28)24-14-11-13-23(19-24)26(21-30(37)39-4)34-32(38)27(12-6-2)35-16-9-8-15-29(35)36/h5-6,8-9,11,13-16,18-20,26-27H,1-2,7,10,12,17,21H2,3-4H3,(H,34,38)/t26-,27-/m0/s1. The molecule has 1 amide bonds. The van der Waals surface area contributed by atoms with E-state index in [4.69, 9.17) is 9.47 Å². The van der Waals surface area contributed by atoms with Gasteiger partial charge in [0.25, 0.3) is 5.56 Å². The van der Waals surface area contributed by atoms with Crippen LogP contribution in [0.2, 0.25) is 0 Å². The largest absolute Gasteiger partial charge is 0.493 e. The van der Waals surface area contributed by atoms with E-state index in [9.17, 15) is 14.4 Å². The predicted octanol–water partition coefficient (Wildman–Crippen LogP) is 6.47. The second-order valence-corrected chi connectivity index (χ2v) is 10.2. The zero-order valence-electron chi connectivity index (χ0n) is 22.9. The predicted molar refractivity (Wildman–Crippen MR) is 161 cm³/mol. The van der Waals surface area contributed by atoms with Gasteiger partial charge in [-0.05, 0) is 67.1 Å². The van der Waals surface area contributed by atoms with Gasteiger partial charge in [-0.15, -0.1) is 13.2 Å². The Morgan fingerprint density at radius 2 is 1.90 bits per heavy atom. The summed E-state index contributed by atoms with van der Waals surface area (Å²) in [7, 11) is 1.31. The molecule has 0 saturated heterocycles. The normalized spacial score (nSPS) is 12.2. The fourth-order valence-electron chi connectivity index (χ4n) is 4.49. The van der Waals surface area contributed by atoms with Crippen LogP contribution in [0.15, 0.2) is 95.4 Å². The average molecular weight is 608 g/mol. The Hall–Kier alpha value is -3.91. The molecule has 0 aliphatic carbocycles. The van der Waals surface area contributed by atoms with Crippen LogP contribution in [0.3, 0.4) is 0 Å². The molecule has 0 saturated carbocycles. The highest BCUT2D eigenvalue weighted by molar-refractivity contribution is 9.10. The number of allylic oxidation sites excluding steroid dienone is 2. The van der Waals surface area contributed by atoms with Gasteiger partial charge in [0.1, 0.15) is 11.8 Å². The molecule has 0 spiro atoms. The van der Waals surface area contributed by atoms with Crippen molar-refractivity contribution in [3.8, 4) is 16.9 Å². The van der Waals surface area contributed by atoms with Gasteiger partial charge in [0.2, 0.25) is 5.91 Å². The summed E-state index contributed by atoms with van der Waals surface area (Å²) in [6.45, 7) is 10.1. The first-order valence-electron chi connectivity index (χ1n) is 13.1. The number of aromatic nitrogens is 1. The van der Waals surface area contributed by atoms with E-state index in [0.29, 0.717) is 12.2 Å². The van der Waals surface area contributed by atoms with Gasteiger partial charge in [-0.25, -0.2) is 0 Å². The van der Waals surface area contributed by atoms with Crippen molar-refractivity contribution in [2.45, 2.75) is 44.7 Å². The SMILES string of the molecule is C=CCCCOc1cc(Br)cc(C)c1-c1cccc([C@H](CC(=O)OC)NC(=O)[C@H](CC=C)n2ccccc2=O)c1. The Morgan fingerprint density at radius 3 is 2.60 bits per heavy atom. The van der Waals surface area contributed by atoms with Crippen molar-refractivity contribution in [3.05, 3.63) is 112 Å². The third kappa shape index (κ3) is 8.05. The van der Waals surface area contributed by atoms with Crippen molar-refractivity contribution in [1.29, 1.82) is 0 Å². The Labute approximate surface area is 243 Å². The summed E-state index contributed by atoms with van der Waals surface area (Å²) >= 11 is 3.57. The average Bonchev–Trinajstić information content (AvgIpc) is 2.93. The van der Waals surface area contributed by atoms with E-state index in [-0.39, 0.29) is 18.4 Å². The number of amides is 1. The number of hydrogen-bond donors (Lipinski definition) is 1. The number of nitrogens with zero attached hydrogens (tertiary/aromatic N) is 1. The van der Waals surface area contributed by atoms with Gasteiger partial charge < -0.3 is 19.4 Å². The Balaban J connectivity index is 1.99. The minimum absolute atomic E-state index is 0.0829. The monoisotopic (exact) mass is 606 g/mol.